The summed E-state index contributed by atoms with van der Waals surface area (Å²) in [6.07, 6.45) is 0. The van der Waals surface area contributed by atoms with Gasteiger partial charge in [-0.3, -0.25) is 15.0 Å². The Balaban J connectivity index is 1.67. The van der Waals surface area contributed by atoms with E-state index in [9.17, 15) is 14.4 Å². The van der Waals surface area contributed by atoms with Gasteiger partial charge in [0.25, 0.3) is 11.8 Å². The number of amides is 4. The van der Waals surface area contributed by atoms with Crippen molar-refractivity contribution in [2.45, 2.75) is 19.4 Å². The van der Waals surface area contributed by atoms with E-state index in [1.165, 1.54) is 7.11 Å². The van der Waals surface area contributed by atoms with E-state index in [0.29, 0.717) is 22.1 Å². The molecule has 0 aromatic heterocycles. The highest BCUT2D eigenvalue weighted by Gasteiger charge is 2.50. The van der Waals surface area contributed by atoms with Crippen molar-refractivity contribution in [3.05, 3.63) is 59.7 Å². The number of ether oxygens (including phenoxy) is 2. The Morgan fingerprint density at radius 2 is 1.86 bits per heavy atom. The third kappa shape index (κ3) is 3.75. The first-order valence-electron chi connectivity index (χ1n) is 8.63. The highest BCUT2D eigenvalue weighted by Crippen LogP contribution is 2.30. The van der Waals surface area contributed by atoms with Crippen molar-refractivity contribution in [3.63, 3.8) is 0 Å². The topological polar surface area (TPSA) is 97.0 Å². The van der Waals surface area contributed by atoms with Crippen molar-refractivity contribution in [2.75, 3.05) is 13.7 Å². The van der Waals surface area contributed by atoms with Gasteiger partial charge in [0.05, 0.1) is 7.11 Å². The zero-order chi connectivity index (χ0) is 20.3. The molecule has 8 heteroatoms. The minimum absolute atomic E-state index is 0.337. The molecule has 0 radical (unpaired) electrons. The summed E-state index contributed by atoms with van der Waals surface area (Å²) < 4.78 is 10.5. The van der Waals surface area contributed by atoms with Crippen molar-refractivity contribution in [2.24, 2.45) is 0 Å². The van der Waals surface area contributed by atoms with Crippen molar-refractivity contribution in [1.29, 1.82) is 0 Å². The maximum Gasteiger partial charge on any atom is 0.344 e. The Morgan fingerprint density at radius 3 is 2.54 bits per heavy atom. The van der Waals surface area contributed by atoms with Crippen LogP contribution in [0.2, 0.25) is 0 Å². The van der Waals surface area contributed by atoms with Gasteiger partial charge >= 0.3 is 6.03 Å². The first-order valence-corrected chi connectivity index (χ1v) is 8.63. The van der Waals surface area contributed by atoms with Gasteiger partial charge in [-0.15, -0.1) is 0 Å². The molecule has 1 atom stereocenters. The lowest BCUT2D eigenvalue weighted by atomic mass is 9.92. The average Bonchev–Trinajstić information content (AvgIpc) is 2.91. The van der Waals surface area contributed by atoms with Crippen LogP contribution in [-0.4, -0.2) is 36.6 Å². The predicted molar refractivity (Wildman–Crippen MR) is 101 cm³/mol. The molecule has 8 nitrogen and oxygen atoms in total. The lowest BCUT2D eigenvalue weighted by Crippen LogP contribution is -2.49. The van der Waals surface area contributed by atoms with E-state index in [1.54, 1.807) is 43.3 Å². The maximum absolute atomic E-state index is 12.8. The number of hydrogen-bond acceptors (Lipinski definition) is 5. The first-order chi connectivity index (χ1) is 13.3. The van der Waals surface area contributed by atoms with Crippen LogP contribution in [0.4, 0.5) is 4.79 Å². The molecule has 0 saturated carbocycles. The summed E-state index contributed by atoms with van der Waals surface area (Å²) in [6.45, 7) is 3.17. The average molecular weight is 383 g/mol. The fraction of sp³-hybridized carbons (Fsp3) is 0.250. The fourth-order valence-corrected chi connectivity index (χ4v) is 2.81. The van der Waals surface area contributed by atoms with Crippen LogP contribution in [0, 0.1) is 6.92 Å². The van der Waals surface area contributed by atoms with Crippen molar-refractivity contribution in [3.8, 4) is 11.5 Å². The molecular weight excluding hydrogens is 362 g/mol. The Labute approximate surface area is 162 Å². The Morgan fingerprint density at radius 1 is 1.14 bits per heavy atom. The lowest BCUT2D eigenvalue weighted by Gasteiger charge is -2.22. The Kier molecular flexibility index (Phi) is 5.21. The molecule has 2 aromatic rings. The van der Waals surface area contributed by atoms with Gasteiger partial charge in [0.1, 0.15) is 17.0 Å². The molecule has 2 aromatic carbocycles. The molecular formula is C20H21N3O5. The Bertz CT molecular complexity index is 912. The standard InChI is InChI=1S/C20H21N3O5/c1-13-7-9-15(10-8-13)28-12-17(24)22-23-18(25)20(2,21-19(23)26)14-5-4-6-16(11-14)27-3/h4-11H,12H2,1-3H3,(H,21,26)(H,22,24)/t20-/m1/s1. The number of urea groups is 1. The SMILES string of the molecule is COc1cccc([C@@]2(C)NC(=O)N(NC(=O)COc3ccc(C)cc3)C2=O)c1. The van der Waals surface area contributed by atoms with Gasteiger partial charge in [-0.2, -0.15) is 5.01 Å². The molecule has 0 aliphatic carbocycles. The summed E-state index contributed by atoms with van der Waals surface area (Å²) >= 11 is 0. The van der Waals surface area contributed by atoms with Gasteiger partial charge < -0.3 is 14.8 Å². The number of methoxy groups -OCH3 is 1. The zero-order valence-electron chi connectivity index (χ0n) is 15.8. The van der Waals surface area contributed by atoms with Crippen LogP contribution in [0.15, 0.2) is 48.5 Å². The van der Waals surface area contributed by atoms with Gasteiger partial charge in [-0.1, -0.05) is 29.8 Å². The number of rotatable bonds is 6. The van der Waals surface area contributed by atoms with E-state index in [0.717, 1.165) is 5.56 Å². The quantitative estimate of drug-likeness (QED) is 0.743. The number of aryl methyl sites for hydroxylation is 1. The summed E-state index contributed by atoms with van der Waals surface area (Å²) in [7, 11) is 1.51. The number of hydrazine groups is 1. The number of benzene rings is 2. The number of nitrogens with zero attached hydrogens (tertiary/aromatic N) is 1. The summed E-state index contributed by atoms with van der Waals surface area (Å²) in [5.41, 5.74) is 2.57. The summed E-state index contributed by atoms with van der Waals surface area (Å²) in [6, 6.07) is 13.3. The van der Waals surface area contributed by atoms with Crippen LogP contribution in [0.25, 0.3) is 0 Å². The van der Waals surface area contributed by atoms with E-state index in [1.807, 2.05) is 19.1 Å². The van der Waals surface area contributed by atoms with Gasteiger partial charge in [-0.05, 0) is 43.7 Å². The second kappa shape index (κ2) is 7.59. The fourth-order valence-electron chi connectivity index (χ4n) is 2.81. The highest BCUT2D eigenvalue weighted by atomic mass is 16.5. The van der Waals surface area contributed by atoms with Crippen LogP contribution >= 0.6 is 0 Å². The monoisotopic (exact) mass is 383 g/mol. The summed E-state index contributed by atoms with van der Waals surface area (Å²) in [4.78, 5) is 37.3. The second-order valence-electron chi connectivity index (χ2n) is 6.56. The van der Waals surface area contributed by atoms with E-state index >= 15 is 0 Å². The highest BCUT2D eigenvalue weighted by molar-refractivity contribution is 6.08. The number of hydrogen-bond donors (Lipinski definition) is 2. The molecule has 0 unspecified atom stereocenters. The maximum atomic E-state index is 12.8. The van der Waals surface area contributed by atoms with E-state index < -0.39 is 23.4 Å². The molecule has 2 N–H and O–H groups in total. The molecule has 28 heavy (non-hydrogen) atoms. The first kappa shape index (κ1) is 19.2. The van der Waals surface area contributed by atoms with E-state index in [2.05, 4.69) is 10.7 Å². The van der Waals surface area contributed by atoms with E-state index in [4.69, 9.17) is 9.47 Å². The van der Waals surface area contributed by atoms with Crippen molar-refractivity contribution < 1.29 is 23.9 Å². The number of carbonyl (C=O) groups excluding carboxylic acids is 3. The lowest BCUT2D eigenvalue weighted by molar-refractivity contribution is -0.139. The minimum Gasteiger partial charge on any atom is -0.497 e. The predicted octanol–water partition coefficient (Wildman–Crippen LogP) is 1.88. The van der Waals surface area contributed by atoms with Gasteiger partial charge in [0, 0.05) is 0 Å². The minimum atomic E-state index is -1.32. The van der Waals surface area contributed by atoms with Crippen LogP contribution < -0.4 is 20.2 Å². The Hall–Kier alpha value is -3.55. The van der Waals surface area contributed by atoms with Gasteiger partial charge in [0.15, 0.2) is 6.61 Å². The largest absolute Gasteiger partial charge is 0.497 e. The molecule has 4 amide bonds. The molecule has 146 valence electrons. The third-order valence-electron chi connectivity index (χ3n) is 4.47. The normalized spacial score (nSPS) is 18.6. The molecule has 3 rings (SSSR count). The number of imide groups is 1. The summed E-state index contributed by atoms with van der Waals surface area (Å²) in [5.74, 6) is -0.165. The molecule has 1 saturated heterocycles. The van der Waals surface area contributed by atoms with Gasteiger partial charge in [0.2, 0.25) is 0 Å². The van der Waals surface area contributed by atoms with Gasteiger partial charge in [-0.25, -0.2) is 4.79 Å². The molecule has 1 aliphatic rings. The van der Waals surface area contributed by atoms with Crippen LogP contribution in [0.3, 0.4) is 0 Å². The number of carbonyl (C=O) groups is 3. The third-order valence-corrected chi connectivity index (χ3v) is 4.47. The zero-order valence-corrected chi connectivity index (χ0v) is 15.8. The smallest absolute Gasteiger partial charge is 0.344 e. The molecule has 1 fully saturated rings. The molecule has 0 bridgehead atoms. The van der Waals surface area contributed by atoms with Crippen LogP contribution in [0.5, 0.6) is 11.5 Å². The second-order valence-corrected chi connectivity index (χ2v) is 6.56. The van der Waals surface area contributed by atoms with Crippen molar-refractivity contribution in [1.82, 2.24) is 15.8 Å². The van der Waals surface area contributed by atoms with Crippen LogP contribution in [0.1, 0.15) is 18.1 Å². The number of nitrogens with one attached hydrogen (secondary N) is 2. The van der Waals surface area contributed by atoms with Crippen LogP contribution in [-0.2, 0) is 15.1 Å². The van der Waals surface area contributed by atoms with E-state index in [-0.39, 0.29) is 6.61 Å². The summed E-state index contributed by atoms with van der Waals surface area (Å²) in [5, 5.41) is 3.28. The molecule has 0 spiro atoms. The molecule has 1 heterocycles. The van der Waals surface area contributed by atoms with Crippen molar-refractivity contribution >= 4 is 17.8 Å². The molecule has 1 aliphatic heterocycles.